The molecule has 0 aromatic heterocycles. The smallest absolute Gasteiger partial charge is 0.380 e. The van der Waals surface area contributed by atoms with Crippen LogP contribution in [0.1, 0.15) is 90.4 Å². The van der Waals surface area contributed by atoms with Crippen LogP contribution in [0.4, 0.5) is 0 Å². The molecule has 0 aliphatic rings. The molecule has 0 saturated heterocycles. The molecule has 0 aliphatic carbocycles. The van der Waals surface area contributed by atoms with Crippen molar-refractivity contribution in [2.75, 3.05) is 0 Å². The molecule has 0 bridgehead atoms. The van der Waals surface area contributed by atoms with Gasteiger partial charge in [0, 0.05) is 0 Å². The van der Waals surface area contributed by atoms with Gasteiger partial charge in [-0.3, -0.25) is 4.79 Å². The Balaban J connectivity index is 0. The van der Waals surface area contributed by atoms with E-state index in [0.29, 0.717) is 0 Å². The van der Waals surface area contributed by atoms with Gasteiger partial charge in [0.25, 0.3) is 0 Å². The van der Waals surface area contributed by atoms with Crippen molar-refractivity contribution < 1.29 is 34.4 Å². The van der Waals surface area contributed by atoms with Gasteiger partial charge in [-0.1, -0.05) is 103 Å². The topological polar surface area (TPSA) is 29.1 Å². The fourth-order valence-electron chi connectivity index (χ4n) is 2.56. The Morgan fingerprint density at radius 1 is 0.955 bits per heavy atom. The van der Waals surface area contributed by atoms with Crippen LogP contribution >= 0.6 is 0 Å². The quantitative estimate of drug-likeness (QED) is 0.214. The van der Waals surface area contributed by atoms with E-state index in [4.69, 9.17) is 0 Å². The number of hydrogen-bond acceptors (Lipinski definition) is 1. The number of carbonyl (C=O) groups is 1. The van der Waals surface area contributed by atoms with Gasteiger partial charge in [0.05, 0.1) is 0 Å². The van der Waals surface area contributed by atoms with E-state index in [9.17, 15) is 4.79 Å². The maximum Gasteiger partial charge on any atom is 1.00 e. The zero-order valence-corrected chi connectivity index (χ0v) is 17.2. The van der Waals surface area contributed by atoms with Crippen LogP contribution in [-0.4, -0.2) is 11.9 Å². The summed E-state index contributed by atoms with van der Waals surface area (Å²) in [5.74, 6) is -0.117. The van der Waals surface area contributed by atoms with Gasteiger partial charge in [-0.25, -0.2) is 0 Å². The first-order valence-electron chi connectivity index (χ1n) is 8.96. The van der Waals surface area contributed by atoms with Gasteiger partial charge in [0.15, 0.2) is 0 Å². The standard InChI is InChI=1S/C19H36NO.Na/c1-4-6-7-8-9-10-11-12-13-14-15-16-17-18(3)20-19(21)5-2;/h5,18H,2-4,6-17H2,1H3,(H,20,21);/q-1;+1. The van der Waals surface area contributed by atoms with Gasteiger partial charge in [0.2, 0.25) is 5.91 Å². The second-order valence-corrected chi connectivity index (χ2v) is 6.09. The fraction of sp³-hybridized carbons (Fsp3) is 0.789. The van der Waals surface area contributed by atoms with Crippen molar-refractivity contribution in [2.24, 2.45) is 0 Å². The minimum atomic E-state index is -0.117. The summed E-state index contributed by atoms with van der Waals surface area (Å²) in [5, 5.41) is 2.80. The predicted octanol–water partition coefficient (Wildman–Crippen LogP) is 2.59. The summed E-state index contributed by atoms with van der Waals surface area (Å²) in [6, 6.07) is 0.0265. The third-order valence-corrected chi connectivity index (χ3v) is 3.94. The fourth-order valence-corrected chi connectivity index (χ4v) is 2.56. The van der Waals surface area contributed by atoms with E-state index in [0.717, 1.165) is 12.8 Å². The Hall–Kier alpha value is 0.210. The number of amides is 1. The van der Waals surface area contributed by atoms with E-state index >= 15 is 0 Å². The van der Waals surface area contributed by atoms with Gasteiger partial charge in [-0.2, -0.15) is 0 Å². The maximum atomic E-state index is 11.1. The van der Waals surface area contributed by atoms with Crippen molar-refractivity contribution >= 4 is 5.91 Å². The van der Waals surface area contributed by atoms with E-state index in [1.165, 1.54) is 76.7 Å². The van der Waals surface area contributed by atoms with Crippen molar-refractivity contribution in [3.8, 4) is 0 Å². The van der Waals surface area contributed by atoms with Gasteiger partial charge >= 0.3 is 29.6 Å². The van der Waals surface area contributed by atoms with E-state index < -0.39 is 0 Å². The van der Waals surface area contributed by atoms with Gasteiger partial charge in [-0.05, 0) is 6.08 Å². The molecule has 0 fully saturated rings. The van der Waals surface area contributed by atoms with E-state index in [2.05, 4.69) is 25.7 Å². The molecule has 0 radical (unpaired) electrons. The molecule has 2 nitrogen and oxygen atoms in total. The minimum absolute atomic E-state index is 0. The van der Waals surface area contributed by atoms with Crippen molar-refractivity contribution in [3.63, 3.8) is 0 Å². The van der Waals surface area contributed by atoms with Crippen molar-refractivity contribution in [3.05, 3.63) is 19.6 Å². The van der Waals surface area contributed by atoms with Crippen LogP contribution in [-0.2, 0) is 4.79 Å². The average molecular weight is 317 g/mol. The van der Waals surface area contributed by atoms with Crippen LogP contribution in [0.15, 0.2) is 12.7 Å². The monoisotopic (exact) mass is 317 g/mol. The predicted molar refractivity (Wildman–Crippen MR) is 93.2 cm³/mol. The Kier molecular flexibility index (Phi) is 21.4. The van der Waals surface area contributed by atoms with Gasteiger partial charge < -0.3 is 12.2 Å². The summed E-state index contributed by atoms with van der Waals surface area (Å²) in [6.45, 7) is 9.64. The Morgan fingerprint density at radius 3 is 1.77 bits per heavy atom. The summed E-state index contributed by atoms with van der Waals surface area (Å²) < 4.78 is 0. The van der Waals surface area contributed by atoms with Crippen LogP contribution in [0.5, 0.6) is 0 Å². The number of carbonyl (C=O) groups excluding carboxylic acids is 1. The molecular formula is C19H36NNaO. The first kappa shape index (κ1) is 24.5. The van der Waals surface area contributed by atoms with Crippen molar-refractivity contribution in [1.29, 1.82) is 0 Å². The van der Waals surface area contributed by atoms with E-state index in [-0.39, 0.29) is 41.5 Å². The Morgan fingerprint density at radius 2 is 1.36 bits per heavy atom. The molecule has 124 valence electrons. The molecule has 0 aromatic carbocycles. The van der Waals surface area contributed by atoms with Gasteiger partial charge in [-0.15, -0.1) is 0 Å². The maximum absolute atomic E-state index is 11.1. The second-order valence-electron chi connectivity index (χ2n) is 6.09. The van der Waals surface area contributed by atoms with E-state index in [1.54, 1.807) is 0 Å². The molecule has 0 saturated carbocycles. The SMILES string of the molecule is C=CC(=O)NC([CH2-])CCCCCCCCCCCCCC.[Na+]. The molecule has 1 atom stereocenters. The summed E-state index contributed by atoms with van der Waals surface area (Å²) in [5.41, 5.74) is 0. The molecule has 0 aromatic rings. The Labute approximate surface area is 161 Å². The number of hydrogen-bond donors (Lipinski definition) is 1. The van der Waals surface area contributed by atoms with Crippen molar-refractivity contribution in [2.45, 2.75) is 96.4 Å². The molecule has 0 spiro atoms. The number of rotatable bonds is 15. The zero-order valence-electron chi connectivity index (χ0n) is 15.2. The molecule has 0 heterocycles. The summed E-state index contributed by atoms with van der Waals surface area (Å²) in [7, 11) is 0. The first-order valence-corrected chi connectivity index (χ1v) is 8.96. The summed E-state index contributed by atoms with van der Waals surface area (Å²) in [6.07, 6.45) is 18.6. The summed E-state index contributed by atoms with van der Waals surface area (Å²) >= 11 is 0. The molecule has 0 rings (SSSR count). The molecule has 22 heavy (non-hydrogen) atoms. The van der Waals surface area contributed by atoms with Crippen LogP contribution in [0.3, 0.4) is 0 Å². The van der Waals surface area contributed by atoms with E-state index in [1.807, 2.05) is 0 Å². The van der Waals surface area contributed by atoms with Crippen molar-refractivity contribution in [1.82, 2.24) is 5.32 Å². The normalized spacial score (nSPS) is 11.5. The third-order valence-electron chi connectivity index (χ3n) is 3.94. The number of unbranched alkanes of at least 4 members (excludes halogenated alkanes) is 11. The third kappa shape index (κ3) is 18.3. The second kappa shape index (κ2) is 19.3. The summed E-state index contributed by atoms with van der Waals surface area (Å²) in [4.78, 5) is 11.1. The molecule has 0 aliphatic heterocycles. The first-order chi connectivity index (χ1) is 10.2. The average Bonchev–Trinajstić information content (AvgIpc) is 2.48. The largest absolute Gasteiger partial charge is 1.00 e. The van der Waals surface area contributed by atoms with Gasteiger partial charge in [0.1, 0.15) is 0 Å². The van der Waals surface area contributed by atoms with Crippen LogP contribution < -0.4 is 34.9 Å². The van der Waals surface area contributed by atoms with Crippen LogP contribution in [0.2, 0.25) is 0 Å². The Bertz CT molecular complexity index is 256. The molecule has 1 amide bonds. The van der Waals surface area contributed by atoms with Crippen LogP contribution in [0, 0.1) is 6.92 Å². The minimum Gasteiger partial charge on any atom is -0.380 e. The molecular weight excluding hydrogens is 281 g/mol. The van der Waals surface area contributed by atoms with Crippen LogP contribution in [0.25, 0.3) is 0 Å². The number of nitrogens with one attached hydrogen (secondary N) is 1. The molecule has 1 unspecified atom stereocenters. The molecule has 3 heteroatoms. The zero-order chi connectivity index (χ0) is 15.8. The molecule has 1 N–H and O–H groups in total.